The maximum Gasteiger partial charge on any atom is 0.222 e. The van der Waals surface area contributed by atoms with Crippen molar-refractivity contribution in [3.8, 4) is 5.75 Å². The summed E-state index contributed by atoms with van der Waals surface area (Å²) in [6, 6.07) is 8.75. The van der Waals surface area contributed by atoms with Gasteiger partial charge in [0.05, 0.1) is 7.11 Å². The Morgan fingerprint density at radius 3 is 2.45 bits per heavy atom. The number of aryl methyl sites for hydroxylation is 1. The number of ether oxygens (including phenoxy) is 1. The van der Waals surface area contributed by atoms with Gasteiger partial charge in [-0.25, -0.2) is 0 Å². The first-order valence-electron chi connectivity index (χ1n) is 8.52. The SMILES string of the molecule is COc1ccc(CCCCC(=O)N(CC(C)C)C2CC2)cc1. The highest BCUT2D eigenvalue weighted by Crippen LogP contribution is 2.28. The van der Waals surface area contributed by atoms with Crippen molar-refractivity contribution in [2.45, 2.75) is 58.4 Å². The third kappa shape index (κ3) is 5.36. The lowest BCUT2D eigenvalue weighted by Gasteiger charge is -2.24. The van der Waals surface area contributed by atoms with Gasteiger partial charge in [-0.1, -0.05) is 26.0 Å². The second kappa shape index (κ2) is 8.21. The van der Waals surface area contributed by atoms with E-state index >= 15 is 0 Å². The molecular weight excluding hydrogens is 274 g/mol. The molecule has 0 bridgehead atoms. The zero-order chi connectivity index (χ0) is 15.9. The smallest absolute Gasteiger partial charge is 0.222 e. The van der Waals surface area contributed by atoms with Crippen LogP contribution in [-0.4, -0.2) is 30.5 Å². The van der Waals surface area contributed by atoms with Gasteiger partial charge in [-0.15, -0.1) is 0 Å². The van der Waals surface area contributed by atoms with Crippen LogP contribution >= 0.6 is 0 Å². The first kappa shape index (κ1) is 16.9. The molecule has 122 valence electrons. The number of hydrogen-bond donors (Lipinski definition) is 0. The first-order chi connectivity index (χ1) is 10.6. The van der Waals surface area contributed by atoms with Crippen LogP contribution in [0.2, 0.25) is 0 Å². The summed E-state index contributed by atoms with van der Waals surface area (Å²) >= 11 is 0. The molecule has 0 atom stereocenters. The Hall–Kier alpha value is -1.51. The molecule has 1 aromatic carbocycles. The van der Waals surface area contributed by atoms with Crippen molar-refractivity contribution >= 4 is 5.91 Å². The zero-order valence-electron chi connectivity index (χ0n) is 14.2. The van der Waals surface area contributed by atoms with Crippen molar-refractivity contribution in [1.82, 2.24) is 4.90 Å². The molecule has 0 radical (unpaired) electrons. The van der Waals surface area contributed by atoms with Gasteiger partial charge < -0.3 is 9.64 Å². The number of rotatable bonds is 9. The molecule has 1 fully saturated rings. The highest BCUT2D eigenvalue weighted by atomic mass is 16.5. The quantitative estimate of drug-likeness (QED) is 0.644. The Kier molecular flexibility index (Phi) is 6.29. The summed E-state index contributed by atoms with van der Waals surface area (Å²) in [5, 5.41) is 0. The van der Waals surface area contributed by atoms with Gasteiger partial charge in [-0.2, -0.15) is 0 Å². The van der Waals surface area contributed by atoms with Crippen molar-refractivity contribution in [2.75, 3.05) is 13.7 Å². The summed E-state index contributed by atoms with van der Waals surface area (Å²) in [4.78, 5) is 14.5. The number of carbonyl (C=O) groups excluding carboxylic acids is 1. The van der Waals surface area contributed by atoms with Crippen LogP contribution in [0, 0.1) is 5.92 Å². The van der Waals surface area contributed by atoms with Crippen molar-refractivity contribution < 1.29 is 9.53 Å². The monoisotopic (exact) mass is 303 g/mol. The van der Waals surface area contributed by atoms with E-state index in [-0.39, 0.29) is 0 Å². The summed E-state index contributed by atoms with van der Waals surface area (Å²) in [5.74, 6) is 1.81. The van der Waals surface area contributed by atoms with E-state index in [1.807, 2.05) is 12.1 Å². The Balaban J connectivity index is 1.69. The van der Waals surface area contributed by atoms with Crippen LogP contribution in [0.25, 0.3) is 0 Å². The van der Waals surface area contributed by atoms with Crippen molar-refractivity contribution in [3.63, 3.8) is 0 Å². The summed E-state index contributed by atoms with van der Waals surface area (Å²) < 4.78 is 5.16. The van der Waals surface area contributed by atoms with Gasteiger partial charge in [0.15, 0.2) is 0 Å². The average Bonchev–Trinajstić information content (AvgIpc) is 3.34. The number of nitrogens with zero attached hydrogens (tertiary/aromatic N) is 1. The molecule has 0 N–H and O–H groups in total. The second-order valence-corrected chi connectivity index (χ2v) is 6.73. The third-order valence-corrected chi connectivity index (χ3v) is 4.13. The van der Waals surface area contributed by atoms with Gasteiger partial charge in [0.1, 0.15) is 5.75 Å². The first-order valence-corrected chi connectivity index (χ1v) is 8.52. The van der Waals surface area contributed by atoms with Gasteiger partial charge in [0.25, 0.3) is 0 Å². The molecule has 1 aliphatic rings. The molecular formula is C19H29NO2. The van der Waals surface area contributed by atoms with E-state index in [2.05, 4.69) is 30.9 Å². The van der Waals surface area contributed by atoms with Crippen LogP contribution in [0.3, 0.4) is 0 Å². The number of amides is 1. The number of unbranched alkanes of at least 4 members (excludes halogenated alkanes) is 1. The summed E-state index contributed by atoms with van der Waals surface area (Å²) in [5.41, 5.74) is 1.31. The highest BCUT2D eigenvalue weighted by molar-refractivity contribution is 5.76. The van der Waals surface area contributed by atoms with Gasteiger partial charge in [0, 0.05) is 19.0 Å². The lowest BCUT2D eigenvalue weighted by molar-refractivity contribution is -0.132. The molecule has 0 saturated heterocycles. The molecule has 0 heterocycles. The minimum atomic E-state index is 0.353. The van der Waals surface area contributed by atoms with Crippen LogP contribution in [0.1, 0.15) is 51.5 Å². The van der Waals surface area contributed by atoms with Crippen molar-refractivity contribution in [1.29, 1.82) is 0 Å². The number of carbonyl (C=O) groups is 1. The summed E-state index contributed by atoms with van der Waals surface area (Å²) in [6.07, 6.45) is 6.17. The molecule has 3 nitrogen and oxygen atoms in total. The van der Waals surface area contributed by atoms with Crippen LogP contribution in [0.15, 0.2) is 24.3 Å². The Bertz CT molecular complexity index is 463. The van der Waals surface area contributed by atoms with Crippen LogP contribution in [-0.2, 0) is 11.2 Å². The van der Waals surface area contributed by atoms with Crippen molar-refractivity contribution in [3.05, 3.63) is 29.8 Å². The average molecular weight is 303 g/mol. The number of methoxy groups -OCH3 is 1. The lowest BCUT2D eigenvalue weighted by Crippen LogP contribution is -2.35. The highest BCUT2D eigenvalue weighted by Gasteiger charge is 2.32. The largest absolute Gasteiger partial charge is 0.497 e. The van der Waals surface area contributed by atoms with E-state index in [4.69, 9.17) is 4.74 Å². The number of benzene rings is 1. The second-order valence-electron chi connectivity index (χ2n) is 6.73. The summed E-state index contributed by atoms with van der Waals surface area (Å²) in [7, 11) is 1.68. The molecule has 3 heteroatoms. The van der Waals surface area contributed by atoms with E-state index in [0.717, 1.165) is 31.6 Å². The minimum absolute atomic E-state index is 0.353. The normalized spacial score (nSPS) is 14.2. The van der Waals surface area contributed by atoms with Gasteiger partial charge in [-0.3, -0.25) is 4.79 Å². The molecule has 2 rings (SSSR count). The summed E-state index contributed by atoms with van der Waals surface area (Å²) in [6.45, 7) is 5.29. The molecule has 0 unspecified atom stereocenters. The molecule has 0 aliphatic heterocycles. The van der Waals surface area contributed by atoms with E-state index in [9.17, 15) is 4.79 Å². The van der Waals surface area contributed by atoms with E-state index in [1.54, 1.807) is 7.11 Å². The number of hydrogen-bond acceptors (Lipinski definition) is 2. The fourth-order valence-corrected chi connectivity index (χ4v) is 2.78. The Morgan fingerprint density at radius 1 is 1.23 bits per heavy atom. The molecule has 0 aromatic heterocycles. The molecule has 1 amide bonds. The van der Waals surface area contributed by atoms with Gasteiger partial charge >= 0.3 is 0 Å². The topological polar surface area (TPSA) is 29.5 Å². The van der Waals surface area contributed by atoms with E-state index < -0.39 is 0 Å². The predicted molar refractivity (Wildman–Crippen MR) is 90.1 cm³/mol. The maximum atomic E-state index is 12.4. The van der Waals surface area contributed by atoms with Crippen LogP contribution in [0.5, 0.6) is 5.75 Å². The molecule has 1 aromatic rings. The maximum absolute atomic E-state index is 12.4. The zero-order valence-corrected chi connectivity index (χ0v) is 14.2. The Labute approximate surface area is 134 Å². The van der Waals surface area contributed by atoms with Crippen LogP contribution in [0.4, 0.5) is 0 Å². The molecule has 1 saturated carbocycles. The van der Waals surface area contributed by atoms with E-state index in [0.29, 0.717) is 24.3 Å². The van der Waals surface area contributed by atoms with Gasteiger partial charge in [-0.05, 0) is 55.7 Å². The molecule has 0 spiro atoms. The fraction of sp³-hybridized carbons (Fsp3) is 0.632. The van der Waals surface area contributed by atoms with E-state index in [1.165, 1.54) is 18.4 Å². The predicted octanol–water partition coefficient (Wildman–Crippen LogP) is 4.06. The minimum Gasteiger partial charge on any atom is -0.497 e. The lowest BCUT2D eigenvalue weighted by atomic mass is 10.1. The van der Waals surface area contributed by atoms with Crippen LogP contribution < -0.4 is 4.74 Å². The van der Waals surface area contributed by atoms with Crippen molar-refractivity contribution in [2.24, 2.45) is 5.92 Å². The third-order valence-electron chi connectivity index (χ3n) is 4.13. The van der Waals surface area contributed by atoms with Gasteiger partial charge in [0.2, 0.25) is 5.91 Å². The fourth-order valence-electron chi connectivity index (χ4n) is 2.78. The standard InChI is InChI=1S/C19H29NO2/c1-15(2)14-20(17-10-11-17)19(21)7-5-4-6-16-8-12-18(22-3)13-9-16/h8-9,12-13,15,17H,4-7,10-11,14H2,1-3H3. The molecule has 22 heavy (non-hydrogen) atoms. The Morgan fingerprint density at radius 2 is 1.91 bits per heavy atom. The molecule has 1 aliphatic carbocycles.